The molecule has 0 bridgehead atoms. The fraction of sp³-hybridized carbons (Fsp3) is 0.0500. The summed E-state index contributed by atoms with van der Waals surface area (Å²) in [5.41, 5.74) is 2.41. The number of pyridine rings is 1. The average molecular weight is 430 g/mol. The van der Waals surface area contributed by atoms with E-state index in [1.165, 1.54) is 11.3 Å². The SMILES string of the molecule is O=C(COc1ccc(Cl)cc1Cl)Nc1cccc(-c2nc3cccnc3s2)c1. The quantitative estimate of drug-likeness (QED) is 0.442. The molecule has 140 valence electrons. The second kappa shape index (κ2) is 8.14. The lowest BCUT2D eigenvalue weighted by atomic mass is 10.2. The van der Waals surface area contributed by atoms with E-state index in [0.29, 0.717) is 21.5 Å². The van der Waals surface area contributed by atoms with Gasteiger partial charge in [-0.2, -0.15) is 0 Å². The van der Waals surface area contributed by atoms with Crippen LogP contribution in [0.4, 0.5) is 5.69 Å². The van der Waals surface area contributed by atoms with Gasteiger partial charge < -0.3 is 10.1 Å². The number of carbonyl (C=O) groups excluding carboxylic acids is 1. The Kier molecular flexibility index (Phi) is 5.43. The summed E-state index contributed by atoms with van der Waals surface area (Å²) >= 11 is 13.4. The molecule has 0 radical (unpaired) electrons. The fourth-order valence-electron chi connectivity index (χ4n) is 2.56. The summed E-state index contributed by atoms with van der Waals surface area (Å²) in [6.45, 7) is -0.170. The van der Waals surface area contributed by atoms with Crippen LogP contribution in [0.2, 0.25) is 10.0 Å². The van der Waals surface area contributed by atoms with Gasteiger partial charge in [-0.05, 0) is 42.5 Å². The molecule has 0 fully saturated rings. The van der Waals surface area contributed by atoms with Crippen molar-refractivity contribution in [2.24, 2.45) is 0 Å². The fourth-order valence-corrected chi connectivity index (χ4v) is 3.92. The highest BCUT2D eigenvalue weighted by atomic mass is 35.5. The van der Waals surface area contributed by atoms with Crippen molar-refractivity contribution in [1.29, 1.82) is 0 Å². The minimum Gasteiger partial charge on any atom is -0.482 e. The van der Waals surface area contributed by atoms with Crippen molar-refractivity contribution in [3.63, 3.8) is 0 Å². The molecule has 4 aromatic rings. The van der Waals surface area contributed by atoms with E-state index in [9.17, 15) is 4.79 Å². The summed E-state index contributed by atoms with van der Waals surface area (Å²) < 4.78 is 5.46. The third-order valence-corrected chi connectivity index (χ3v) is 5.37. The Morgan fingerprint density at radius 1 is 1.11 bits per heavy atom. The number of rotatable bonds is 5. The minimum atomic E-state index is -0.297. The molecule has 0 aliphatic heterocycles. The van der Waals surface area contributed by atoms with Crippen molar-refractivity contribution in [3.8, 4) is 16.3 Å². The molecular formula is C20H13Cl2N3O2S. The topological polar surface area (TPSA) is 64.1 Å². The molecule has 0 aliphatic rings. The number of hydrogen-bond donors (Lipinski definition) is 1. The Hall–Kier alpha value is -2.67. The van der Waals surface area contributed by atoms with Crippen LogP contribution in [0.1, 0.15) is 0 Å². The summed E-state index contributed by atoms with van der Waals surface area (Å²) in [5, 5.41) is 4.51. The number of anilines is 1. The van der Waals surface area contributed by atoms with E-state index in [0.717, 1.165) is 20.9 Å². The highest BCUT2D eigenvalue weighted by molar-refractivity contribution is 7.21. The first-order chi connectivity index (χ1) is 13.6. The third-order valence-electron chi connectivity index (χ3n) is 3.81. The zero-order chi connectivity index (χ0) is 19.5. The number of nitrogens with one attached hydrogen (secondary N) is 1. The van der Waals surface area contributed by atoms with Gasteiger partial charge in [0, 0.05) is 22.5 Å². The molecule has 0 spiro atoms. The molecule has 28 heavy (non-hydrogen) atoms. The van der Waals surface area contributed by atoms with Gasteiger partial charge in [-0.15, -0.1) is 0 Å². The maximum absolute atomic E-state index is 12.2. The normalized spacial score (nSPS) is 10.8. The van der Waals surface area contributed by atoms with Gasteiger partial charge in [0.25, 0.3) is 5.91 Å². The highest BCUT2D eigenvalue weighted by Gasteiger charge is 2.10. The number of hydrogen-bond acceptors (Lipinski definition) is 5. The van der Waals surface area contributed by atoms with Crippen LogP contribution in [0.15, 0.2) is 60.8 Å². The number of benzene rings is 2. The van der Waals surface area contributed by atoms with E-state index >= 15 is 0 Å². The van der Waals surface area contributed by atoms with E-state index in [-0.39, 0.29) is 12.5 Å². The Balaban J connectivity index is 1.44. The standard InChI is InChI=1S/C20H13Cl2N3O2S/c21-13-6-7-17(15(22)10-13)27-11-18(26)24-14-4-1-3-12(9-14)19-25-16-5-2-8-23-20(16)28-19/h1-10H,11H2,(H,24,26). The smallest absolute Gasteiger partial charge is 0.262 e. The maximum Gasteiger partial charge on any atom is 0.262 e. The number of ether oxygens (including phenoxy) is 1. The summed E-state index contributed by atoms with van der Waals surface area (Å²) in [7, 11) is 0. The Morgan fingerprint density at radius 3 is 2.82 bits per heavy atom. The van der Waals surface area contributed by atoms with Gasteiger partial charge in [0.05, 0.1) is 5.02 Å². The number of halogens is 2. The maximum atomic E-state index is 12.2. The highest BCUT2D eigenvalue weighted by Crippen LogP contribution is 2.30. The Labute approximate surface area is 174 Å². The van der Waals surface area contributed by atoms with Crippen LogP contribution in [0.3, 0.4) is 0 Å². The zero-order valence-electron chi connectivity index (χ0n) is 14.4. The van der Waals surface area contributed by atoms with E-state index in [1.54, 1.807) is 24.4 Å². The lowest BCUT2D eigenvalue weighted by Crippen LogP contribution is -2.20. The predicted octanol–water partition coefficient (Wildman–Crippen LogP) is 5.68. The molecule has 8 heteroatoms. The van der Waals surface area contributed by atoms with E-state index in [1.807, 2.05) is 36.4 Å². The summed E-state index contributed by atoms with van der Waals surface area (Å²) in [6, 6.07) is 16.1. The van der Waals surface area contributed by atoms with Gasteiger partial charge in [-0.3, -0.25) is 4.79 Å². The van der Waals surface area contributed by atoms with Crippen molar-refractivity contribution in [2.75, 3.05) is 11.9 Å². The number of carbonyl (C=O) groups is 1. The molecule has 0 saturated carbocycles. The molecule has 4 rings (SSSR count). The molecule has 2 heterocycles. The average Bonchev–Trinajstić information content (AvgIpc) is 3.12. The van der Waals surface area contributed by atoms with Crippen molar-refractivity contribution in [2.45, 2.75) is 0 Å². The minimum absolute atomic E-state index is 0.170. The van der Waals surface area contributed by atoms with E-state index in [2.05, 4.69) is 15.3 Å². The number of nitrogens with zero attached hydrogens (tertiary/aromatic N) is 2. The second-order valence-electron chi connectivity index (χ2n) is 5.84. The molecule has 5 nitrogen and oxygen atoms in total. The van der Waals surface area contributed by atoms with Crippen LogP contribution in [-0.4, -0.2) is 22.5 Å². The van der Waals surface area contributed by atoms with Crippen molar-refractivity contribution in [3.05, 3.63) is 70.8 Å². The molecule has 0 unspecified atom stereocenters. The molecule has 0 aliphatic carbocycles. The van der Waals surface area contributed by atoms with Crippen LogP contribution in [-0.2, 0) is 4.79 Å². The van der Waals surface area contributed by atoms with Gasteiger partial charge >= 0.3 is 0 Å². The first kappa shape index (κ1) is 18.7. The predicted molar refractivity (Wildman–Crippen MR) is 113 cm³/mol. The lowest BCUT2D eigenvalue weighted by molar-refractivity contribution is -0.118. The summed E-state index contributed by atoms with van der Waals surface area (Å²) in [5.74, 6) is 0.103. The third kappa shape index (κ3) is 4.25. The molecule has 1 amide bonds. The first-order valence-corrected chi connectivity index (χ1v) is 9.85. The largest absolute Gasteiger partial charge is 0.482 e. The lowest BCUT2D eigenvalue weighted by Gasteiger charge is -2.09. The molecule has 2 aromatic carbocycles. The van der Waals surface area contributed by atoms with Crippen molar-refractivity contribution >= 4 is 56.5 Å². The zero-order valence-corrected chi connectivity index (χ0v) is 16.7. The van der Waals surface area contributed by atoms with Gasteiger partial charge in [-0.1, -0.05) is 46.7 Å². The van der Waals surface area contributed by atoms with Crippen LogP contribution >= 0.6 is 34.5 Å². The number of amides is 1. The molecule has 0 atom stereocenters. The van der Waals surface area contributed by atoms with Gasteiger partial charge in [0.15, 0.2) is 6.61 Å². The summed E-state index contributed by atoms with van der Waals surface area (Å²) in [4.78, 5) is 22.0. The molecule has 1 N–H and O–H groups in total. The number of aromatic nitrogens is 2. The van der Waals surface area contributed by atoms with Crippen LogP contribution in [0.5, 0.6) is 5.75 Å². The number of thiazole rings is 1. The monoisotopic (exact) mass is 429 g/mol. The van der Waals surface area contributed by atoms with Crippen molar-refractivity contribution < 1.29 is 9.53 Å². The first-order valence-electron chi connectivity index (χ1n) is 8.28. The molecule has 2 aromatic heterocycles. The van der Waals surface area contributed by atoms with Crippen molar-refractivity contribution in [1.82, 2.24) is 9.97 Å². The van der Waals surface area contributed by atoms with Gasteiger partial charge in [0.1, 0.15) is 21.1 Å². The van der Waals surface area contributed by atoms with E-state index < -0.39 is 0 Å². The van der Waals surface area contributed by atoms with Gasteiger partial charge in [-0.25, -0.2) is 9.97 Å². The van der Waals surface area contributed by atoms with E-state index in [4.69, 9.17) is 27.9 Å². The van der Waals surface area contributed by atoms with Crippen LogP contribution in [0, 0.1) is 0 Å². The Morgan fingerprint density at radius 2 is 2.00 bits per heavy atom. The van der Waals surface area contributed by atoms with Gasteiger partial charge in [0.2, 0.25) is 0 Å². The molecule has 0 saturated heterocycles. The Bertz CT molecular complexity index is 1130. The second-order valence-corrected chi connectivity index (χ2v) is 7.66. The summed E-state index contributed by atoms with van der Waals surface area (Å²) in [6.07, 6.45) is 1.74. The van der Waals surface area contributed by atoms with Crippen LogP contribution in [0.25, 0.3) is 20.9 Å². The number of fused-ring (bicyclic) bond motifs is 1. The molecular weight excluding hydrogens is 417 g/mol. The van der Waals surface area contributed by atoms with Crippen LogP contribution < -0.4 is 10.1 Å².